The van der Waals surface area contributed by atoms with Crippen molar-refractivity contribution >= 4 is 21.7 Å². The van der Waals surface area contributed by atoms with E-state index in [-0.39, 0.29) is 11.9 Å². The SMILES string of the molecule is CC(C)C(N)=NC(=O)N1CC2C(COc3ccc(-c4ccc(S(C)(=O)=O)cc4)cc3)C2C1. The number of carbonyl (C=O) groups is 1. The molecule has 0 aromatic heterocycles. The Balaban J connectivity index is 1.27. The van der Waals surface area contributed by atoms with E-state index in [0.29, 0.717) is 35.1 Å². The minimum Gasteiger partial charge on any atom is -0.493 e. The summed E-state index contributed by atoms with van der Waals surface area (Å²) in [5.41, 5.74) is 7.75. The average Bonchev–Trinajstić information content (AvgIpc) is 3.20. The van der Waals surface area contributed by atoms with Gasteiger partial charge in [0.25, 0.3) is 0 Å². The minimum atomic E-state index is -3.20. The van der Waals surface area contributed by atoms with Gasteiger partial charge in [-0.25, -0.2) is 13.2 Å². The lowest BCUT2D eigenvalue weighted by Crippen LogP contribution is -2.32. The molecule has 0 radical (unpaired) electrons. The molecule has 1 aliphatic carbocycles. The summed E-state index contributed by atoms with van der Waals surface area (Å²) in [6.07, 6.45) is 1.20. The van der Waals surface area contributed by atoms with Crippen LogP contribution in [0.1, 0.15) is 13.8 Å². The molecule has 1 aliphatic heterocycles. The molecule has 0 spiro atoms. The van der Waals surface area contributed by atoms with Crippen LogP contribution in [0.4, 0.5) is 4.79 Å². The van der Waals surface area contributed by atoms with Gasteiger partial charge < -0.3 is 15.4 Å². The van der Waals surface area contributed by atoms with Gasteiger partial charge in [0.1, 0.15) is 11.6 Å². The summed E-state index contributed by atoms with van der Waals surface area (Å²) in [4.78, 5) is 18.3. The summed E-state index contributed by atoms with van der Waals surface area (Å²) in [6.45, 7) is 5.91. The van der Waals surface area contributed by atoms with Crippen LogP contribution in [-0.4, -0.2) is 51.1 Å². The predicted octanol–water partition coefficient (Wildman–Crippen LogP) is 3.45. The summed E-state index contributed by atoms with van der Waals surface area (Å²) in [5, 5.41) is 0. The molecule has 2 amide bonds. The number of carbonyl (C=O) groups excluding carboxylic acids is 1. The quantitative estimate of drug-likeness (QED) is 0.531. The van der Waals surface area contributed by atoms with Gasteiger partial charge in [0, 0.05) is 31.2 Å². The predicted molar refractivity (Wildman–Crippen MR) is 124 cm³/mol. The van der Waals surface area contributed by atoms with Crippen LogP contribution < -0.4 is 10.5 Å². The first-order chi connectivity index (χ1) is 15.1. The molecule has 2 fully saturated rings. The molecular weight excluding hydrogens is 426 g/mol. The number of amides is 2. The molecule has 7 nitrogen and oxygen atoms in total. The molecule has 1 saturated heterocycles. The summed E-state index contributed by atoms with van der Waals surface area (Å²) in [5.74, 6) is 2.66. The summed E-state index contributed by atoms with van der Waals surface area (Å²) >= 11 is 0. The second-order valence-electron chi connectivity index (χ2n) is 9.00. The fraction of sp³-hybridized carbons (Fsp3) is 0.417. The van der Waals surface area contributed by atoms with Gasteiger partial charge in [-0.2, -0.15) is 4.99 Å². The maximum Gasteiger partial charge on any atom is 0.345 e. The molecule has 8 heteroatoms. The Morgan fingerprint density at radius 1 is 1.06 bits per heavy atom. The van der Waals surface area contributed by atoms with E-state index < -0.39 is 9.84 Å². The van der Waals surface area contributed by atoms with E-state index in [4.69, 9.17) is 10.5 Å². The summed E-state index contributed by atoms with van der Waals surface area (Å²) in [6, 6.07) is 14.4. The van der Waals surface area contributed by atoms with Crippen molar-refractivity contribution in [3.05, 3.63) is 48.5 Å². The number of ether oxygens (including phenoxy) is 1. The van der Waals surface area contributed by atoms with Crippen LogP contribution in [0.15, 0.2) is 58.4 Å². The van der Waals surface area contributed by atoms with Crippen molar-refractivity contribution in [1.82, 2.24) is 4.90 Å². The lowest BCUT2D eigenvalue weighted by Gasteiger charge is -2.18. The van der Waals surface area contributed by atoms with Crippen LogP contribution in [0.5, 0.6) is 5.75 Å². The van der Waals surface area contributed by atoms with Crippen LogP contribution in [0, 0.1) is 23.7 Å². The number of likely N-dealkylation sites (tertiary alicyclic amines) is 1. The molecule has 2 N–H and O–H groups in total. The molecule has 2 unspecified atom stereocenters. The Morgan fingerprint density at radius 2 is 1.59 bits per heavy atom. The lowest BCUT2D eigenvalue weighted by molar-refractivity contribution is 0.203. The van der Waals surface area contributed by atoms with E-state index in [9.17, 15) is 13.2 Å². The number of aliphatic imine (C=N–C) groups is 1. The smallest absolute Gasteiger partial charge is 0.345 e. The first-order valence-corrected chi connectivity index (χ1v) is 12.7. The van der Waals surface area contributed by atoms with Gasteiger partial charge in [-0.15, -0.1) is 0 Å². The lowest BCUT2D eigenvalue weighted by atomic mass is 10.1. The Hall–Kier alpha value is -2.87. The number of fused-ring (bicyclic) bond motifs is 1. The number of benzene rings is 2. The van der Waals surface area contributed by atoms with E-state index in [0.717, 1.165) is 30.0 Å². The van der Waals surface area contributed by atoms with Gasteiger partial charge in [-0.3, -0.25) is 0 Å². The zero-order valence-corrected chi connectivity index (χ0v) is 19.4. The van der Waals surface area contributed by atoms with Crippen LogP contribution in [0.2, 0.25) is 0 Å². The highest BCUT2D eigenvalue weighted by Gasteiger charge is 2.56. The van der Waals surface area contributed by atoms with E-state index in [1.807, 2.05) is 50.2 Å². The summed E-state index contributed by atoms with van der Waals surface area (Å²) in [7, 11) is -3.20. The number of hydrogen-bond donors (Lipinski definition) is 1. The minimum absolute atomic E-state index is 0.0653. The molecule has 4 rings (SSSR count). The van der Waals surface area contributed by atoms with Gasteiger partial charge in [-0.05, 0) is 47.2 Å². The van der Waals surface area contributed by atoms with Gasteiger partial charge >= 0.3 is 6.03 Å². The highest BCUT2D eigenvalue weighted by molar-refractivity contribution is 7.90. The molecule has 2 atom stereocenters. The van der Waals surface area contributed by atoms with Crippen LogP contribution >= 0.6 is 0 Å². The second kappa shape index (κ2) is 8.58. The molecule has 2 aliphatic rings. The van der Waals surface area contributed by atoms with Gasteiger partial charge in [-0.1, -0.05) is 38.1 Å². The van der Waals surface area contributed by atoms with Crippen molar-refractivity contribution in [3.63, 3.8) is 0 Å². The number of rotatable bonds is 6. The second-order valence-corrected chi connectivity index (χ2v) is 11.0. The largest absolute Gasteiger partial charge is 0.493 e. The van der Waals surface area contributed by atoms with E-state index in [2.05, 4.69) is 4.99 Å². The monoisotopic (exact) mass is 455 g/mol. The molecule has 2 aromatic carbocycles. The number of piperidine rings is 1. The van der Waals surface area contributed by atoms with Crippen LogP contribution in [0.25, 0.3) is 11.1 Å². The van der Waals surface area contributed by atoms with Crippen molar-refractivity contribution in [2.45, 2.75) is 18.7 Å². The summed E-state index contributed by atoms with van der Waals surface area (Å²) < 4.78 is 29.2. The number of nitrogens with zero attached hydrogens (tertiary/aromatic N) is 2. The first-order valence-electron chi connectivity index (χ1n) is 10.8. The molecular formula is C24H29N3O4S. The van der Waals surface area contributed by atoms with E-state index in [1.54, 1.807) is 17.0 Å². The van der Waals surface area contributed by atoms with E-state index in [1.165, 1.54) is 6.26 Å². The number of amidine groups is 1. The van der Waals surface area contributed by atoms with Crippen LogP contribution in [-0.2, 0) is 9.84 Å². The van der Waals surface area contributed by atoms with Crippen molar-refractivity contribution in [2.75, 3.05) is 26.0 Å². The number of hydrogen-bond acceptors (Lipinski definition) is 4. The maximum absolute atomic E-state index is 12.2. The van der Waals surface area contributed by atoms with Crippen molar-refractivity contribution < 1.29 is 17.9 Å². The first kappa shape index (κ1) is 22.3. The fourth-order valence-corrected chi connectivity index (χ4v) is 4.82. The van der Waals surface area contributed by atoms with Gasteiger partial charge in [0.15, 0.2) is 9.84 Å². The Bertz CT molecular complexity index is 1110. The number of urea groups is 1. The average molecular weight is 456 g/mol. The highest BCUT2D eigenvalue weighted by Crippen LogP contribution is 2.51. The Morgan fingerprint density at radius 3 is 2.09 bits per heavy atom. The third-order valence-corrected chi connectivity index (χ3v) is 7.50. The molecule has 0 bridgehead atoms. The van der Waals surface area contributed by atoms with Crippen molar-refractivity contribution in [3.8, 4) is 16.9 Å². The molecule has 32 heavy (non-hydrogen) atoms. The van der Waals surface area contributed by atoms with Crippen molar-refractivity contribution in [1.29, 1.82) is 0 Å². The van der Waals surface area contributed by atoms with Gasteiger partial charge in [0.05, 0.1) is 11.5 Å². The third-order valence-electron chi connectivity index (χ3n) is 6.37. The highest BCUT2D eigenvalue weighted by atomic mass is 32.2. The van der Waals surface area contributed by atoms with Gasteiger partial charge in [0.2, 0.25) is 0 Å². The zero-order chi connectivity index (χ0) is 23.0. The Labute approximate surface area is 189 Å². The Kier molecular flexibility index (Phi) is 5.99. The molecule has 2 aromatic rings. The van der Waals surface area contributed by atoms with Crippen molar-refractivity contribution in [2.24, 2.45) is 34.4 Å². The molecule has 1 saturated carbocycles. The topological polar surface area (TPSA) is 102 Å². The molecule has 170 valence electrons. The molecule has 1 heterocycles. The zero-order valence-electron chi connectivity index (χ0n) is 18.6. The van der Waals surface area contributed by atoms with E-state index >= 15 is 0 Å². The third kappa shape index (κ3) is 4.80. The number of sulfone groups is 1. The fourth-order valence-electron chi connectivity index (χ4n) is 4.19. The van der Waals surface area contributed by atoms with Crippen LogP contribution in [0.3, 0.4) is 0 Å². The normalized spacial score (nSPS) is 22.7. The standard InChI is InChI=1S/C24H29N3O4S/c1-15(2)23(25)26-24(28)27-12-20-21(13-27)22(20)14-31-18-8-4-16(5-9-18)17-6-10-19(11-7-17)32(3,29)30/h4-11,15,20-22H,12-14H2,1-3H3,(H2,25,26,28). The number of nitrogens with two attached hydrogens (primary N) is 1. The maximum atomic E-state index is 12.2.